The van der Waals surface area contributed by atoms with E-state index < -0.39 is 10.0 Å². The summed E-state index contributed by atoms with van der Waals surface area (Å²) in [5, 5.41) is 5.32. The first kappa shape index (κ1) is 21.7. The Balaban J connectivity index is 2.08. The van der Waals surface area contributed by atoms with Crippen LogP contribution in [0.2, 0.25) is 0 Å². The van der Waals surface area contributed by atoms with Gasteiger partial charge in [-0.1, -0.05) is 0 Å². The highest BCUT2D eigenvalue weighted by Gasteiger charge is 2.29. The van der Waals surface area contributed by atoms with Gasteiger partial charge in [-0.05, 0) is 35.7 Å². The number of primary sulfonamides is 1. The summed E-state index contributed by atoms with van der Waals surface area (Å²) in [7, 11) is 1.93. The molecule has 0 saturated carbocycles. The Morgan fingerprint density at radius 1 is 0.900 bits per heavy atom. The minimum Gasteiger partial charge on any atom is -0.495 e. The van der Waals surface area contributed by atoms with Crippen molar-refractivity contribution in [2.75, 3.05) is 33.3 Å². The Kier molecular flexibility index (Phi) is 6.09. The van der Waals surface area contributed by atoms with Crippen LogP contribution in [0, 0.1) is 0 Å². The molecular weight excluding hydrogens is 412 g/mol. The molecular formula is C20H24N2O7S. The molecule has 1 heterocycles. The van der Waals surface area contributed by atoms with Gasteiger partial charge in [0.1, 0.15) is 10.6 Å². The number of methoxy groups -OCH3 is 4. The van der Waals surface area contributed by atoms with Crippen molar-refractivity contribution in [3.05, 3.63) is 35.4 Å². The predicted octanol–water partition coefficient (Wildman–Crippen LogP) is 1.85. The summed E-state index contributed by atoms with van der Waals surface area (Å²) in [4.78, 5) is 14.2. The number of anilines is 1. The topological polar surface area (TPSA) is 117 Å². The lowest BCUT2D eigenvalue weighted by Gasteiger charge is -2.30. The van der Waals surface area contributed by atoms with E-state index in [1.54, 1.807) is 17.0 Å². The zero-order valence-corrected chi connectivity index (χ0v) is 18.0. The number of rotatable bonds is 7. The molecule has 2 N–H and O–H groups in total. The van der Waals surface area contributed by atoms with Gasteiger partial charge in [-0.25, -0.2) is 13.6 Å². The van der Waals surface area contributed by atoms with E-state index in [-0.39, 0.29) is 29.5 Å². The molecule has 0 atom stereocenters. The van der Waals surface area contributed by atoms with Crippen LogP contribution in [0.5, 0.6) is 23.0 Å². The van der Waals surface area contributed by atoms with Gasteiger partial charge >= 0.3 is 0 Å². The van der Waals surface area contributed by atoms with Gasteiger partial charge < -0.3 is 23.8 Å². The Hall–Kier alpha value is -2.98. The third kappa shape index (κ3) is 4.01. The summed E-state index contributed by atoms with van der Waals surface area (Å²) in [6.45, 7) is 0.223. The van der Waals surface area contributed by atoms with Gasteiger partial charge in [0.2, 0.25) is 21.7 Å². The lowest BCUT2D eigenvalue weighted by Crippen LogP contribution is -2.34. The SMILES string of the molecule is COc1cc2c(cc1S(N)(=O)=O)CCC(=O)N2Cc1cc(OC)c(OC)c(OC)c1. The molecule has 2 aromatic carbocycles. The lowest BCUT2D eigenvalue weighted by molar-refractivity contribution is -0.119. The van der Waals surface area contributed by atoms with Crippen LogP contribution in [0.25, 0.3) is 0 Å². The molecule has 1 amide bonds. The first-order chi connectivity index (χ1) is 14.2. The van der Waals surface area contributed by atoms with E-state index in [0.717, 1.165) is 5.56 Å². The van der Waals surface area contributed by atoms with Crippen LogP contribution >= 0.6 is 0 Å². The monoisotopic (exact) mass is 436 g/mol. The molecule has 0 bridgehead atoms. The van der Waals surface area contributed by atoms with Crippen LogP contribution in [0.15, 0.2) is 29.2 Å². The number of sulfonamides is 1. The summed E-state index contributed by atoms with van der Waals surface area (Å²) >= 11 is 0. The fraction of sp³-hybridized carbons (Fsp3) is 0.350. The summed E-state index contributed by atoms with van der Waals surface area (Å²) in [5.41, 5.74) is 2.02. The van der Waals surface area contributed by atoms with Gasteiger partial charge in [0, 0.05) is 12.5 Å². The fourth-order valence-electron chi connectivity index (χ4n) is 3.52. The van der Waals surface area contributed by atoms with E-state index in [4.69, 9.17) is 24.1 Å². The number of benzene rings is 2. The van der Waals surface area contributed by atoms with E-state index in [2.05, 4.69) is 0 Å². The quantitative estimate of drug-likeness (QED) is 0.704. The second-order valence-electron chi connectivity index (χ2n) is 6.69. The highest BCUT2D eigenvalue weighted by atomic mass is 32.2. The molecule has 30 heavy (non-hydrogen) atoms. The maximum Gasteiger partial charge on any atom is 0.241 e. The first-order valence-corrected chi connectivity index (χ1v) is 10.6. The fourth-order valence-corrected chi connectivity index (χ4v) is 4.25. The average Bonchev–Trinajstić information content (AvgIpc) is 2.73. The number of carbonyl (C=O) groups is 1. The van der Waals surface area contributed by atoms with Gasteiger partial charge in [0.05, 0.1) is 40.7 Å². The molecule has 1 aliphatic heterocycles. The lowest BCUT2D eigenvalue weighted by atomic mass is 10.00. The van der Waals surface area contributed by atoms with E-state index in [0.29, 0.717) is 34.9 Å². The standard InChI is InChI=1S/C20H24N2O7S/c1-26-15-10-14-13(9-18(15)30(21,24)25)5-6-19(23)22(14)11-12-7-16(27-2)20(29-4)17(8-12)28-3/h7-10H,5-6,11H2,1-4H3,(H2,21,24,25). The molecule has 9 nitrogen and oxygen atoms in total. The van der Waals surface area contributed by atoms with E-state index >= 15 is 0 Å². The number of carbonyl (C=O) groups excluding carboxylic acids is 1. The molecule has 0 aromatic heterocycles. The number of hydrogen-bond donors (Lipinski definition) is 1. The number of amides is 1. The minimum absolute atomic E-state index is 0.0841. The highest BCUT2D eigenvalue weighted by Crippen LogP contribution is 2.40. The van der Waals surface area contributed by atoms with Crippen molar-refractivity contribution in [3.8, 4) is 23.0 Å². The van der Waals surface area contributed by atoms with Gasteiger partial charge in [-0.2, -0.15) is 0 Å². The van der Waals surface area contributed by atoms with E-state index in [1.165, 1.54) is 40.6 Å². The van der Waals surface area contributed by atoms with Gasteiger partial charge in [-0.15, -0.1) is 0 Å². The number of fused-ring (bicyclic) bond motifs is 1. The van der Waals surface area contributed by atoms with Crippen molar-refractivity contribution in [1.82, 2.24) is 0 Å². The highest BCUT2D eigenvalue weighted by molar-refractivity contribution is 7.89. The molecule has 0 radical (unpaired) electrons. The molecule has 3 rings (SSSR count). The second kappa shape index (κ2) is 8.41. The molecule has 1 aliphatic rings. The summed E-state index contributed by atoms with van der Waals surface area (Å²) in [5.74, 6) is 1.38. The number of nitrogens with zero attached hydrogens (tertiary/aromatic N) is 1. The van der Waals surface area contributed by atoms with Crippen molar-refractivity contribution < 1.29 is 32.2 Å². The Morgan fingerprint density at radius 3 is 2.00 bits per heavy atom. The summed E-state index contributed by atoms with van der Waals surface area (Å²) in [6.07, 6.45) is 0.653. The van der Waals surface area contributed by atoms with Crippen LogP contribution in [0.3, 0.4) is 0 Å². The first-order valence-electron chi connectivity index (χ1n) is 9.06. The Morgan fingerprint density at radius 2 is 1.50 bits per heavy atom. The summed E-state index contributed by atoms with van der Waals surface area (Å²) in [6, 6.07) is 6.53. The molecule has 2 aromatic rings. The van der Waals surface area contributed by atoms with Crippen molar-refractivity contribution in [2.24, 2.45) is 5.14 Å². The van der Waals surface area contributed by atoms with Crippen molar-refractivity contribution >= 4 is 21.6 Å². The maximum atomic E-state index is 12.7. The molecule has 0 unspecified atom stereocenters. The Bertz CT molecular complexity index is 1060. The molecule has 162 valence electrons. The van der Waals surface area contributed by atoms with Gasteiger partial charge in [0.25, 0.3) is 0 Å². The van der Waals surface area contributed by atoms with Crippen LogP contribution in [-0.4, -0.2) is 42.8 Å². The third-order valence-corrected chi connectivity index (χ3v) is 5.87. The zero-order chi connectivity index (χ0) is 22.1. The smallest absolute Gasteiger partial charge is 0.241 e. The largest absolute Gasteiger partial charge is 0.495 e. The van der Waals surface area contributed by atoms with Crippen LogP contribution in [0.1, 0.15) is 17.5 Å². The average molecular weight is 436 g/mol. The van der Waals surface area contributed by atoms with Gasteiger partial charge in [-0.3, -0.25) is 4.79 Å². The molecule has 0 spiro atoms. The normalized spacial score (nSPS) is 13.6. The van der Waals surface area contributed by atoms with E-state index in [1.807, 2.05) is 0 Å². The number of hydrogen-bond acceptors (Lipinski definition) is 7. The zero-order valence-electron chi connectivity index (χ0n) is 17.2. The number of nitrogens with two attached hydrogens (primary N) is 1. The van der Waals surface area contributed by atoms with Crippen LogP contribution in [-0.2, 0) is 27.8 Å². The predicted molar refractivity (Wildman–Crippen MR) is 110 cm³/mol. The summed E-state index contributed by atoms with van der Waals surface area (Å²) < 4.78 is 45.2. The van der Waals surface area contributed by atoms with Crippen molar-refractivity contribution in [3.63, 3.8) is 0 Å². The molecule has 0 aliphatic carbocycles. The van der Waals surface area contributed by atoms with Crippen LogP contribution in [0.4, 0.5) is 5.69 Å². The molecule has 0 saturated heterocycles. The van der Waals surface area contributed by atoms with Crippen molar-refractivity contribution in [2.45, 2.75) is 24.3 Å². The van der Waals surface area contributed by atoms with E-state index in [9.17, 15) is 13.2 Å². The number of aryl methyl sites for hydroxylation is 1. The van der Waals surface area contributed by atoms with Gasteiger partial charge in [0.15, 0.2) is 11.5 Å². The minimum atomic E-state index is -3.97. The number of ether oxygens (including phenoxy) is 4. The maximum absolute atomic E-state index is 12.7. The molecule has 0 fully saturated rings. The third-order valence-electron chi connectivity index (χ3n) is 4.94. The van der Waals surface area contributed by atoms with Crippen molar-refractivity contribution in [1.29, 1.82) is 0 Å². The Labute approximate surface area is 175 Å². The van der Waals surface area contributed by atoms with Crippen LogP contribution < -0.4 is 29.0 Å². The second-order valence-corrected chi connectivity index (χ2v) is 8.22. The molecule has 10 heteroatoms.